The number of nitrogens with one attached hydrogen (secondary N) is 1. The van der Waals surface area contributed by atoms with Crippen LogP contribution in [0.4, 0.5) is 0 Å². The molecule has 1 rings (SSSR count). The van der Waals surface area contributed by atoms with E-state index in [1.165, 1.54) is 11.1 Å². The van der Waals surface area contributed by atoms with Crippen molar-refractivity contribution >= 4 is 0 Å². The van der Waals surface area contributed by atoms with Crippen LogP contribution in [0.25, 0.3) is 0 Å². The lowest BCUT2D eigenvalue weighted by Crippen LogP contribution is -2.29. The molecule has 0 spiro atoms. The fraction of sp³-hybridized carbons (Fsp3) is 0.571. The van der Waals surface area contributed by atoms with Gasteiger partial charge < -0.3 is 10.1 Å². The van der Waals surface area contributed by atoms with E-state index < -0.39 is 0 Å². The van der Waals surface area contributed by atoms with Crippen LogP contribution in [0.2, 0.25) is 0 Å². The average molecular weight is 221 g/mol. The van der Waals surface area contributed by atoms with Crippen molar-refractivity contribution in [2.75, 3.05) is 20.3 Å². The minimum atomic E-state index is 0.531. The van der Waals surface area contributed by atoms with Gasteiger partial charge in [0.15, 0.2) is 0 Å². The zero-order chi connectivity index (χ0) is 11.8. The molecule has 0 bridgehead atoms. The molecule has 0 aliphatic heterocycles. The van der Waals surface area contributed by atoms with Crippen LogP contribution < -0.4 is 5.32 Å². The molecule has 0 aliphatic carbocycles. The van der Waals surface area contributed by atoms with Crippen LogP contribution in [0.3, 0.4) is 0 Å². The highest BCUT2D eigenvalue weighted by Gasteiger charge is 2.01. The lowest BCUT2D eigenvalue weighted by molar-refractivity contribution is 0.185. The van der Waals surface area contributed by atoms with Gasteiger partial charge in [0.05, 0.1) is 0 Å². The van der Waals surface area contributed by atoms with Crippen molar-refractivity contribution < 1.29 is 4.74 Å². The Kier molecular flexibility index (Phi) is 6.12. The minimum Gasteiger partial charge on any atom is -0.385 e. The highest BCUT2D eigenvalue weighted by atomic mass is 16.5. The maximum atomic E-state index is 5.06. The van der Waals surface area contributed by atoms with Crippen molar-refractivity contribution in [3.8, 4) is 0 Å². The summed E-state index contributed by atoms with van der Waals surface area (Å²) in [4.78, 5) is 0. The first-order chi connectivity index (χ1) is 7.74. The van der Waals surface area contributed by atoms with Gasteiger partial charge in [0.25, 0.3) is 0 Å². The standard InChI is InChI=1S/C14H23NO/c1-12-6-4-5-7-14(12)8-10-15-13(2)9-11-16-3/h4-7,13,15H,8-11H2,1-3H3. The van der Waals surface area contributed by atoms with E-state index in [1.54, 1.807) is 7.11 Å². The van der Waals surface area contributed by atoms with Gasteiger partial charge >= 0.3 is 0 Å². The number of aryl methyl sites for hydroxylation is 1. The summed E-state index contributed by atoms with van der Waals surface area (Å²) >= 11 is 0. The Bertz CT molecular complexity index is 299. The monoisotopic (exact) mass is 221 g/mol. The second-order valence-corrected chi connectivity index (χ2v) is 4.31. The molecule has 0 aliphatic rings. The number of ether oxygens (including phenoxy) is 1. The van der Waals surface area contributed by atoms with Crippen molar-refractivity contribution in [1.29, 1.82) is 0 Å². The van der Waals surface area contributed by atoms with E-state index in [4.69, 9.17) is 4.74 Å². The summed E-state index contributed by atoms with van der Waals surface area (Å²) in [5.41, 5.74) is 2.82. The smallest absolute Gasteiger partial charge is 0.0476 e. The second kappa shape index (κ2) is 7.42. The zero-order valence-corrected chi connectivity index (χ0v) is 10.6. The summed E-state index contributed by atoms with van der Waals surface area (Å²) in [6, 6.07) is 9.11. The largest absolute Gasteiger partial charge is 0.385 e. The van der Waals surface area contributed by atoms with Gasteiger partial charge in [0.2, 0.25) is 0 Å². The molecule has 0 saturated carbocycles. The Morgan fingerprint density at radius 2 is 2.06 bits per heavy atom. The van der Waals surface area contributed by atoms with Gasteiger partial charge in [-0.1, -0.05) is 24.3 Å². The lowest BCUT2D eigenvalue weighted by atomic mass is 10.1. The van der Waals surface area contributed by atoms with Crippen LogP contribution in [-0.4, -0.2) is 26.3 Å². The molecule has 0 fully saturated rings. The number of methoxy groups -OCH3 is 1. The first-order valence-electron chi connectivity index (χ1n) is 6.01. The quantitative estimate of drug-likeness (QED) is 0.764. The van der Waals surface area contributed by atoms with E-state index in [0.717, 1.165) is 26.0 Å². The summed E-state index contributed by atoms with van der Waals surface area (Å²) < 4.78 is 5.06. The molecule has 90 valence electrons. The van der Waals surface area contributed by atoms with Gasteiger partial charge in [0, 0.05) is 19.8 Å². The SMILES string of the molecule is COCCC(C)NCCc1ccccc1C. The minimum absolute atomic E-state index is 0.531. The molecular formula is C14H23NO. The highest BCUT2D eigenvalue weighted by molar-refractivity contribution is 5.25. The third kappa shape index (κ3) is 4.77. The molecule has 1 unspecified atom stereocenters. The summed E-state index contributed by atoms with van der Waals surface area (Å²) in [5.74, 6) is 0. The molecule has 1 aromatic carbocycles. The Labute approximate surface area is 99.0 Å². The molecule has 1 atom stereocenters. The zero-order valence-electron chi connectivity index (χ0n) is 10.6. The molecule has 16 heavy (non-hydrogen) atoms. The molecule has 1 N–H and O–H groups in total. The molecule has 0 amide bonds. The Morgan fingerprint density at radius 3 is 2.75 bits per heavy atom. The molecule has 1 aromatic rings. The Hall–Kier alpha value is -0.860. The van der Waals surface area contributed by atoms with Gasteiger partial charge in [-0.15, -0.1) is 0 Å². The maximum Gasteiger partial charge on any atom is 0.0476 e. The summed E-state index contributed by atoms with van der Waals surface area (Å²) in [6.45, 7) is 6.24. The average Bonchev–Trinajstić information content (AvgIpc) is 2.29. The third-order valence-electron chi connectivity index (χ3n) is 2.90. The Morgan fingerprint density at radius 1 is 1.31 bits per heavy atom. The number of benzene rings is 1. The van der Waals surface area contributed by atoms with Crippen molar-refractivity contribution in [1.82, 2.24) is 5.32 Å². The molecule has 0 saturated heterocycles. The second-order valence-electron chi connectivity index (χ2n) is 4.31. The van der Waals surface area contributed by atoms with Gasteiger partial charge in [-0.3, -0.25) is 0 Å². The predicted molar refractivity (Wildman–Crippen MR) is 68.8 cm³/mol. The summed E-state index contributed by atoms with van der Waals surface area (Å²) in [5, 5.41) is 3.51. The van der Waals surface area contributed by atoms with Gasteiger partial charge in [-0.25, -0.2) is 0 Å². The number of hydrogen-bond donors (Lipinski definition) is 1. The van der Waals surface area contributed by atoms with Crippen LogP contribution >= 0.6 is 0 Å². The fourth-order valence-electron chi connectivity index (χ4n) is 1.74. The molecule has 2 nitrogen and oxygen atoms in total. The Balaban J connectivity index is 2.23. The summed E-state index contributed by atoms with van der Waals surface area (Å²) in [7, 11) is 1.75. The van der Waals surface area contributed by atoms with Gasteiger partial charge in [-0.05, 0) is 44.4 Å². The van der Waals surface area contributed by atoms with Crippen LogP contribution in [0.15, 0.2) is 24.3 Å². The van der Waals surface area contributed by atoms with E-state index in [0.29, 0.717) is 6.04 Å². The van der Waals surface area contributed by atoms with Crippen LogP contribution in [0.1, 0.15) is 24.5 Å². The lowest BCUT2D eigenvalue weighted by Gasteiger charge is -2.13. The van der Waals surface area contributed by atoms with E-state index in [2.05, 4.69) is 43.4 Å². The predicted octanol–water partition coefficient (Wildman–Crippen LogP) is 2.55. The topological polar surface area (TPSA) is 21.3 Å². The summed E-state index contributed by atoms with van der Waals surface area (Å²) in [6.07, 6.45) is 2.17. The van der Waals surface area contributed by atoms with Crippen LogP contribution in [0, 0.1) is 6.92 Å². The number of hydrogen-bond acceptors (Lipinski definition) is 2. The van der Waals surface area contributed by atoms with E-state index in [9.17, 15) is 0 Å². The van der Waals surface area contributed by atoms with Crippen molar-refractivity contribution in [3.05, 3.63) is 35.4 Å². The molecule has 2 heteroatoms. The van der Waals surface area contributed by atoms with E-state index >= 15 is 0 Å². The first-order valence-corrected chi connectivity index (χ1v) is 6.01. The van der Waals surface area contributed by atoms with Crippen molar-refractivity contribution in [2.24, 2.45) is 0 Å². The highest BCUT2D eigenvalue weighted by Crippen LogP contribution is 2.07. The maximum absolute atomic E-state index is 5.06. The van der Waals surface area contributed by atoms with E-state index in [1.807, 2.05) is 0 Å². The molecule has 0 radical (unpaired) electrons. The first kappa shape index (κ1) is 13.2. The molecule has 0 aromatic heterocycles. The third-order valence-corrected chi connectivity index (χ3v) is 2.90. The number of rotatable bonds is 7. The van der Waals surface area contributed by atoms with Crippen LogP contribution in [-0.2, 0) is 11.2 Å². The van der Waals surface area contributed by atoms with Gasteiger partial charge in [-0.2, -0.15) is 0 Å². The van der Waals surface area contributed by atoms with Crippen molar-refractivity contribution in [2.45, 2.75) is 32.7 Å². The molecular weight excluding hydrogens is 198 g/mol. The fourth-order valence-corrected chi connectivity index (χ4v) is 1.74. The van der Waals surface area contributed by atoms with Crippen molar-refractivity contribution in [3.63, 3.8) is 0 Å². The van der Waals surface area contributed by atoms with Gasteiger partial charge in [0.1, 0.15) is 0 Å². The van der Waals surface area contributed by atoms with E-state index in [-0.39, 0.29) is 0 Å². The molecule has 0 heterocycles. The van der Waals surface area contributed by atoms with Crippen LogP contribution in [0.5, 0.6) is 0 Å². The normalized spacial score (nSPS) is 12.7.